The predicted molar refractivity (Wildman–Crippen MR) is 63.1 cm³/mol. The van der Waals surface area contributed by atoms with Crippen LogP contribution >= 0.6 is 0 Å². The molecule has 7 heteroatoms. The van der Waals surface area contributed by atoms with Crippen molar-refractivity contribution in [2.75, 3.05) is 0 Å². The minimum Gasteiger partial charge on any atom is -0.322 e. The molecule has 4 nitrogen and oxygen atoms in total. The van der Waals surface area contributed by atoms with E-state index in [0.717, 1.165) is 18.0 Å². The maximum atomic E-state index is 12.4. The van der Waals surface area contributed by atoms with Gasteiger partial charge in [-0.25, -0.2) is 0 Å². The third kappa shape index (κ3) is 3.31. The van der Waals surface area contributed by atoms with Gasteiger partial charge in [0, 0.05) is 25.9 Å². The number of halogens is 3. The van der Waals surface area contributed by atoms with Gasteiger partial charge in [0.05, 0.1) is 23.0 Å². The summed E-state index contributed by atoms with van der Waals surface area (Å²) < 4.78 is 38.8. The van der Waals surface area contributed by atoms with E-state index in [1.807, 2.05) is 6.07 Å². The average Bonchev–Trinajstić information content (AvgIpc) is 2.74. The lowest BCUT2D eigenvalue weighted by Gasteiger charge is -2.11. The quantitative estimate of drug-likeness (QED) is 0.929. The van der Waals surface area contributed by atoms with Gasteiger partial charge in [-0.2, -0.15) is 18.3 Å². The second-order valence-corrected chi connectivity index (χ2v) is 4.26. The van der Waals surface area contributed by atoms with Crippen LogP contribution in [-0.4, -0.2) is 14.8 Å². The molecule has 1 atom stereocenters. The Labute approximate surface area is 108 Å². The minimum absolute atomic E-state index is 0.415. The molecule has 0 fully saturated rings. The lowest BCUT2D eigenvalue weighted by Crippen LogP contribution is -2.16. The van der Waals surface area contributed by atoms with Gasteiger partial charge in [-0.05, 0) is 18.2 Å². The normalized spacial score (nSPS) is 13.5. The highest BCUT2D eigenvalue weighted by molar-refractivity contribution is 5.19. The summed E-state index contributed by atoms with van der Waals surface area (Å²) in [6.07, 6.45) is -1.37. The van der Waals surface area contributed by atoms with Gasteiger partial charge >= 0.3 is 6.18 Å². The summed E-state index contributed by atoms with van der Waals surface area (Å²) >= 11 is 0. The summed E-state index contributed by atoms with van der Waals surface area (Å²) in [6.45, 7) is 0. The Morgan fingerprint density at radius 3 is 2.53 bits per heavy atom. The highest BCUT2D eigenvalue weighted by Crippen LogP contribution is 2.28. The molecule has 0 aromatic carbocycles. The Balaban J connectivity index is 2.09. The molecule has 2 aromatic rings. The molecule has 19 heavy (non-hydrogen) atoms. The molecule has 0 saturated heterocycles. The fourth-order valence-electron chi connectivity index (χ4n) is 1.69. The van der Waals surface area contributed by atoms with Crippen molar-refractivity contribution >= 4 is 0 Å². The van der Waals surface area contributed by atoms with E-state index in [2.05, 4.69) is 10.1 Å². The van der Waals surface area contributed by atoms with Crippen molar-refractivity contribution in [1.29, 1.82) is 0 Å². The van der Waals surface area contributed by atoms with E-state index < -0.39 is 17.8 Å². The molecule has 2 heterocycles. The van der Waals surface area contributed by atoms with Crippen LogP contribution in [0.4, 0.5) is 13.2 Å². The zero-order chi connectivity index (χ0) is 14.0. The number of hydrogen-bond donors (Lipinski definition) is 1. The first kappa shape index (κ1) is 13.5. The number of alkyl halides is 3. The second-order valence-electron chi connectivity index (χ2n) is 4.26. The van der Waals surface area contributed by atoms with Crippen LogP contribution in [0.15, 0.2) is 30.6 Å². The largest absolute Gasteiger partial charge is 0.417 e. The van der Waals surface area contributed by atoms with Gasteiger partial charge in [-0.15, -0.1) is 0 Å². The van der Waals surface area contributed by atoms with E-state index >= 15 is 0 Å². The number of aryl methyl sites for hydroxylation is 1. The van der Waals surface area contributed by atoms with Gasteiger partial charge in [0.15, 0.2) is 0 Å². The second kappa shape index (κ2) is 5.00. The Kier molecular flexibility index (Phi) is 3.57. The van der Waals surface area contributed by atoms with Crippen LogP contribution in [0.25, 0.3) is 0 Å². The van der Waals surface area contributed by atoms with E-state index in [1.165, 1.54) is 6.07 Å². The Morgan fingerprint density at radius 2 is 2.05 bits per heavy atom. The third-order valence-corrected chi connectivity index (χ3v) is 2.69. The lowest BCUT2D eigenvalue weighted by atomic mass is 10.1. The van der Waals surface area contributed by atoms with Crippen molar-refractivity contribution in [2.24, 2.45) is 12.8 Å². The van der Waals surface area contributed by atoms with Crippen LogP contribution in [0.2, 0.25) is 0 Å². The first-order valence-electron chi connectivity index (χ1n) is 5.63. The smallest absolute Gasteiger partial charge is 0.322 e. The summed E-state index contributed by atoms with van der Waals surface area (Å²) in [7, 11) is 1.78. The highest BCUT2D eigenvalue weighted by atomic mass is 19.4. The van der Waals surface area contributed by atoms with Crippen molar-refractivity contribution in [3.63, 3.8) is 0 Å². The molecule has 1 unspecified atom stereocenters. The van der Waals surface area contributed by atoms with Gasteiger partial charge in [0.2, 0.25) is 0 Å². The van der Waals surface area contributed by atoms with Gasteiger partial charge in [-0.1, -0.05) is 0 Å². The van der Waals surface area contributed by atoms with Crippen LogP contribution in [0.3, 0.4) is 0 Å². The molecule has 0 radical (unpaired) electrons. The summed E-state index contributed by atoms with van der Waals surface area (Å²) in [6, 6.07) is 3.62. The average molecular weight is 270 g/mol. The van der Waals surface area contributed by atoms with Crippen LogP contribution in [0.1, 0.15) is 23.0 Å². The maximum absolute atomic E-state index is 12.4. The zero-order valence-electron chi connectivity index (χ0n) is 10.2. The highest BCUT2D eigenvalue weighted by Gasteiger charge is 2.30. The molecular formula is C12H13F3N4. The first-order chi connectivity index (χ1) is 8.86. The molecule has 102 valence electrons. The zero-order valence-corrected chi connectivity index (χ0v) is 10.2. The number of rotatable bonds is 3. The number of nitrogens with zero attached hydrogens (tertiary/aromatic N) is 3. The summed E-state index contributed by atoms with van der Waals surface area (Å²) in [5, 5.41) is 4.16. The summed E-state index contributed by atoms with van der Waals surface area (Å²) in [4.78, 5) is 3.77. The van der Waals surface area contributed by atoms with E-state index in [4.69, 9.17) is 5.73 Å². The van der Waals surface area contributed by atoms with Gasteiger partial charge in [0.25, 0.3) is 0 Å². The number of pyridine rings is 1. The van der Waals surface area contributed by atoms with E-state index in [-0.39, 0.29) is 0 Å². The third-order valence-electron chi connectivity index (χ3n) is 2.69. The van der Waals surface area contributed by atoms with Crippen molar-refractivity contribution in [3.8, 4) is 0 Å². The molecule has 0 amide bonds. The topological polar surface area (TPSA) is 56.7 Å². The van der Waals surface area contributed by atoms with E-state index in [9.17, 15) is 13.2 Å². The lowest BCUT2D eigenvalue weighted by molar-refractivity contribution is -0.137. The standard InChI is InChI=1S/C12H13F3N4/c1-19-5-4-9(18-19)6-10(16)11-3-2-8(7-17-11)12(13,14)15/h2-5,7,10H,6,16H2,1H3. The molecule has 0 aliphatic heterocycles. The number of aromatic nitrogens is 3. The van der Waals surface area contributed by atoms with Crippen molar-refractivity contribution in [3.05, 3.63) is 47.5 Å². The van der Waals surface area contributed by atoms with Gasteiger partial charge in [0.1, 0.15) is 0 Å². The van der Waals surface area contributed by atoms with E-state index in [1.54, 1.807) is 17.9 Å². The minimum atomic E-state index is -4.38. The molecule has 2 rings (SSSR count). The van der Waals surface area contributed by atoms with Crippen molar-refractivity contribution in [1.82, 2.24) is 14.8 Å². The maximum Gasteiger partial charge on any atom is 0.417 e. The van der Waals surface area contributed by atoms with Crippen molar-refractivity contribution in [2.45, 2.75) is 18.6 Å². The fourth-order valence-corrected chi connectivity index (χ4v) is 1.69. The fraction of sp³-hybridized carbons (Fsp3) is 0.333. The summed E-state index contributed by atoms with van der Waals surface area (Å²) in [5.74, 6) is 0. The van der Waals surface area contributed by atoms with Crippen LogP contribution in [0, 0.1) is 0 Å². The van der Waals surface area contributed by atoms with Crippen LogP contribution in [0.5, 0.6) is 0 Å². The molecule has 0 spiro atoms. The Morgan fingerprint density at radius 1 is 1.32 bits per heavy atom. The molecule has 0 aliphatic rings. The molecule has 0 aliphatic carbocycles. The van der Waals surface area contributed by atoms with Gasteiger partial charge < -0.3 is 5.73 Å². The Hall–Kier alpha value is -1.89. The molecule has 2 aromatic heterocycles. The molecule has 0 bridgehead atoms. The summed E-state index contributed by atoms with van der Waals surface area (Å²) in [5.41, 5.74) is 6.32. The van der Waals surface area contributed by atoms with Crippen molar-refractivity contribution < 1.29 is 13.2 Å². The van der Waals surface area contributed by atoms with Crippen LogP contribution < -0.4 is 5.73 Å². The predicted octanol–water partition coefficient (Wildman–Crippen LogP) is 2.08. The Bertz CT molecular complexity index is 545. The van der Waals surface area contributed by atoms with E-state index in [0.29, 0.717) is 12.1 Å². The SMILES string of the molecule is Cn1ccc(CC(N)c2ccc(C(F)(F)F)cn2)n1. The molecule has 2 N–H and O–H groups in total. The molecule has 0 saturated carbocycles. The van der Waals surface area contributed by atoms with Gasteiger partial charge in [-0.3, -0.25) is 9.67 Å². The monoisotopic (exact) mass is 270 g/mol. The number of nitrogens with two attached hydrogens (primary N) is 1. The first-order valence-corrected chi connectivity index (χ1v) is 5.63. The molecular weight excluding hydrogens is 257 g/mol. The van der Waals surface area contributed by atoms with Crippen LogP contribution in [-0.2, 0) is 19.6 Å². The number of hydrogen-bond acceptors (Lipinski definition) is 3.